The quantitative estimate of drug-likeness (QED) is 0.648. The van der Waals surface area contributed by atoms with Gasteiger partial charge in [-0.05, 0) is 39.3 Å². The molecule has 0 aliphatic carbocycles. The lowest BCUT2D eigenvalue weighted by molar-refractivity contribution is -0.144. The van der Waals surface area contributed by atoms with Gasteiger partial charge in [0, 0.05) is 6.42 Å². The summed E-state index contributed by atoms with van der Waals surface area (Å²) in [4.78, 5) is 11.1. The van der Waals surface area contributed by atoms with E-state index in [0.29, 0.717) is 19.4 Å². The molecule has 0 unspecified atom stereocenters. The molecular weight excluding hydrogens is 182 g/mol. The second-order valence-electron chi connectivity index (χ2n) is 3.78. The summed E-state index contributed by atoms with van der Waals surface area (Å²) in [6.45, 7) is 3.87. The Kier molecular flexibility index (Phi) is 4.35. The zero-order valence-electron chi connectivity index (χ0n) is 8.71. The molecule has 0 aromatic rings. The van der Waals surface area contributed by atoms with E-state index < -0.39 is 5.60 Å². The summed E-state index contributed by atoms with van der Waals surface area (Å²) >= 11 is 0. The zero-order chi connectivity index (χ0) is 10.4. The van der Waals surface area contributed by atoms with Crippen molar-refractivity contribution >= 4 is 5.97 Å². The molecule has 14 heavy (non-hydrogen) atoms. The van der Waals surface area contributed by atoms with E-state index >= 15 is 0 Å². The minimum absolute atomic E-state index is 0.209. The molecule has 0 spiro atoms. The third-order valence-corrected chi connectivity index (χ3v) is 2.63. The van der Waals surface area contributed by atoms with E-state index in [1.54, 1.807) is 6.92 Å². The van der Waals surface area contributed by atoms with E-state index in [9.17, 15) is 9.90 Å². The lowest BCUT2D eigenvalue weighted by Crippen LogP contribution is -2.42. The average molecular weight is 201 g/mol. The summed E-state index contributed by atoms with van der Waals surface area (Å²) in [5.74, 6) is -0.209. The van der Waals surface area contributed by atoms with E-state index in [1.165, 1.54) is 0 Å². The molecule has 0 bridgehead atoms. The Morgan fingerprint density at radius 2 is 2.14 bits per heavy atom. The first-order valence-electron chi connectivity index (χ1n) is 5.25. The second-order valence-corrected chi connectivity index (χ2v) is 3.78. The highest BCUT2D eigenvalue weighted by Crippen LogP contribution is 2.23. The minimum Gasteiger partial charge on any atom is -0.466 e. The van der Waals surface area contributed by atoms with Crippen LogP contribution in [0.3, 0.4) is 0 Å². The fraction of sp³-hybridized carbons (Fsp3) is 0.900. The van der Waals surface area contributed by atoms with Gasteiger partial charge in [0.25, 0.3) is 0 Å². The van der Waals surface area contributed by atoms with Crippen LogP contribution in [0, 0.1) is 0 Å². The van der Waals surface area contributed by atoms with Gasteiger partial charge in [-0.2, -0.15) is 0 Å². The van der Waals surface area contributed by atoms with Crippen LogP contribution in [0.5, 0.6) is 0 Å². The van der Waals surface area contributed by atoms with Gasteiger partial charge < -0.3 is 15.2 Å². The molecule has 2 N–H and O–H groups in total. The van der Waals surface area contributed by atoms with Crippen LogP contribution in [-0.4, -0.2) is 36.4 Å². The fourth-order valence-corrected chi connectivity index (χ4v) is 1.71. The maximum Gasteiger partial charge on any atom is 0.305 e. The van der Waals surface area contributed by atoms with Gasteiger partial charge in [0.1, 0.15) is 0 Å². The maximum absolute atomic E-state index is 11.1. The first-order valence-corrected chi connectivity index (χ1v) is 5.25. The highest BCUT2D eigenvalue weighted by molar-refractivity contribution is 5.69. The predicted octanol–water partition coefficient (Wildman–Crippen LogP) is 0.444. The van der Waals surface area contributed by atoms with Gasteiger partial charge in [-0.25, -0.2) is 0 Å². The van der Waals surface area contributed by atoms with Gasteiger partial charge >= 0.3 is 5.97 Å². The van der Waals surface area contributed by atoms with Crippen molar-refractivity contribution in [2.24, 2.45) is 0 Å². The molecule has 0 atom stereocenters. The summed E-state index contributed by atoms with van der Waals surface area (Å²) in [6, 6.07) is 0. The van der Waals surface area contributed by atoms with Crippen LogP contribution in [0.4, 0.5) is 0 Å². The lowest BCUT2D eigenvalue weighted by Gasteiger charge is -2.32. The van der Waals surface area contributed by atoms with E-state index in [2.05, 4.69) is 5.32 Å². The normalized spacial score (nSPS) is 20.4. The predicted molar refractivity (Wildman–Crippen MR) is 52.9 cm³/mol. The first-order chi connectivity index (χ1) is 6.66. The summed E-state index contributed by atoms with van der Waals surface area (Å²) in [6.07, 6.45) is 2.30. The molecule has 0 amide bonds. The summed E-state index contributed by atoms with van der Waals surface area (Å²) in [7, 11) is 0. The number of aliphatic hydroxyl groups is 1. The van der Waals surface area contributed by atoms with Crippen molar-refractivity contribution in [3.63, 3.8) is 0 Å². The van der Waals surface area contributed by atoms with E-state index in [4.69, 9.17) is 4.74 Å². The molecule has 1 rings (SSSR count). The number of carbonyl (C=O) groups is 1. The number of esters is 1. The molecule has 1 aliphatic rings. The van der Waals surface area contributed by atoms with Crippen molar-refractivity contribution in [2.75, 3.05) is 19.7 Å². The monoisotopic (exact) mass is 201 g/mol. The summed E-state index contributed by atoms with van der Waals surface area (Å²) in [5.41, 5.74) is -0.655. The van der Waals surface area contributed by atoms with Gasteiger partial charge in [0.2, 0.25) is 0 Å². The van der Waals surface area contributed by atoms with Crippen LogP contribution >= 0.6 is 0 Å². The third kappa shape index (κ3) is 3.64. The molecule has 0 aromatic heterocycles. The van der Waals surface area contributed by atoms with E-state index in [-0.39, 0.29) is 5.97 Å². The number of carbonyl (C=O) groups excluding carboxylic acids is 1. The van der Waals surface area contributed by atoms with Crippen LogP contribution in [0.2, 0.25) is 0 Å². The molecule has 4 nitrogen and oxygen atoms in total. The highest BCUT2D eigenvalue weighted by Gasteiger charge is 2.29. The number of hydrogen-bond donors (Lipinski definition) is 2. The number of hydrogen-bond acceptors (Lipinski definition) is 4. The van der Waals surface area contributed by atoms with Crippen LogP contribution < -0.4 is 5.32 Å². The fourth-order valence-electron chi connectivity index (χ4n) is 1.71. The lowest BCUT2D eigenvalue weighted by atomic mass is 9.88. The smallest absolute Gasteiger partial charge is 0.305 e. The molecular formula is C10H19NO3. The molecule has 82 valence electrons. The zero-order valence-corrected chi connectivity index (χ0v) is 8.71. The largest absolute Gasteiger partial charge is 0.466 e. The molecule has 0 saturated carbocycles. The van der Waals surface area contributed by atoms with Crippen LogP contribution in [0.25, 0.3) is 0 Å². The summed E-state index contributed by atoms with van der Waals surface area (Å²) < 4.78 is 4.81. The molecule has 4 heteroatoms. The number of rotatable bonds is 4. The molecule has 1 saturated heterocycles. The topological polar surface area (TPSA) is 58.6 Å². The molecule has 0 radical (unpaired) electrons. The number of nitrogens with one attached hydrogen (secondary N) is 1. The van der Waals surface area contributed by atoms with Gasteiger partial charge in [0.15, 0.2) is 0 Å². The first kappa shape index (κ1) is 11.5. The molecule has 1 fully saturated rings. The van der Waals surface area contributed by atoms with E-state index in [0.717, 1.165) is 25.9 Å². The second kappa shape index (κ2) is 5.32. The summed E-state index contributed by atoms with van der Waals surface area (Å²) in [5, 5.41) is 13.2. The Bertz CT molecular complexity index is 188. The highest BCUT2D eigenvalue weighted by atomic mass is 16.5. The van der Waals surface area contributed by atoms with Crippen molar-refractivity contribution in [1.29, 1.82) is 0 Å². The van der Waals surface area contributed by atoms with Gasteiger partial charge in [-0.1, -0.05) is 0 Å². The SMILES string of the molecule is CCOC(=O)CCC1(O)CCNCC1. The van der Waals surface area contributed by atoms with Crippen LogP contribution in [0.1, 0.15) is 32.6 Å². The molecule has 1 aliphatic heterocycles. The molecule has 1 heterocycles. The number of piperidine rings is 1. The number of ether oxygens (including phenoxy) is 1. The van der Waals surface area contributed by atoms with Gasteiger partial charge in [-0.3, -0.25) is 4.79 Å². The van der Waals surface area contributed by atoms with Crippen LogP contribution in [-0.2, 0) is 9.53 Å². The van der Waals surface area contributed by atoms with Crippen molar-refractivity contribution < 1.29 is 14.6 Å². The Labute approximate surface area is 84.6 Å². The van der Waals surface area contributed by atoms with E-state index in [1.807, 2.05) is 0 Å². The Hall–Kier alpha value is -0.610. The minimum atomic E-state index is -0.655. The molecule has 0 aromatic carbocycles. The average Bonchev–Trinajstić information content (AvgIpc) is 2.17. The maximum atomic E-state index is 11.1. The van der Waals surface area contributed by atoms with Gasteiger partial charge in [0.05, 0.1) is 12.2 Å². The van der Waals surface area contributed by atoms with Crippen molar-refractivity contribution in [2.45, 2.75) is 38.2 Å². The van der Waals surface area contributed by atoms with Gasteiger partial charge in [-0.15, -0.1) is 0 Å². The third-order valence-electron chi connectivity index (χ3n) is 2.63. The Morgan fingerprint density at radius 3 is 2.71 bits per heavy atom. The van der Waals surface area contributed by atoms with Crippen molar-refractivity contribution in [1.82, 2.24) is 5.32 Å². The Morgan fingerprint density at radius 1 is 1.50 bits per heavy atom. The van der Waals surface area contributed by atoms with Crippen molar-refractivity contribution in [3.8, 4) is 0 Å². The van der Waals surface area contributed by atoms with Crippen molar-refractivity contribution in [3.05, 3.63) is 0 Å². The Balaban J connectivity index is 2.24. The van der Waals surface area contributed by atoms with Crippen LogP contribution in [0.15, 0.2) is 0 Å². The standard InChI is InChI=1S/C10H19NO3/c1-2-14-9(12)3-4-10(13)5-7-11-8-6-10/h11,13H,2-8H2,1H3.